The monoisotopic (exact) mass is 301 g/mol. The fourth-order valence-corrected chi connectivity index (χ4v) is 2.21. The van der Waals surface area contributed by atoms with Gasteiger partial charge >= 0.3 is 0 Å². The van der Waals surface area contributed by atoms with E-state index in [9.17, 15) is 9.18 Å². The summed E-state index contributed by atoms with van der Waals surface area (Å²) in [6.07, 6.45) is 1.78. The Kier molecular flexibility index (Phi) is 5.62. The summed E-state index contributed by atoms with van der Waals surface area (Å²) >= 11 is 3.36. The van der Waals surface area contributed by atoms with Crippen molar-refractivity contribution in [2.45, 2.75) is 32.7 Å². The molecule has 1 aromatic carbocycles. The molecule has 0 aliphatic carbocycles. The lowest BCUT2D eigenvalue weighted by Crippen LogP contribution is -2.35. The number of hydrogen-bond acceptors (Lipinski definition) is 1. The summed E-state index contributed by atoms with van der Waals surface area (Å²) < 4.78 is 12.9. The third-order valence-corrected chi connectivity index (χ3v) is 3.18. The van der Waals surface area contributed by atoms with Crippen molar-refractivity contribution in [3.8, 4) is 0 Å². The normalized spacial score (nSPS) is 12.2. The highest BCUT2D eigenvalue weighted by molar-refractivity contribution is 9.09. The first-order chi connectivity index (χ1) is 8.08. The van der Waals surface area contributed by atoms with Crippen LogP contribution in [0.3, 0.4) is 0 Å². The molecular formula is C13H17BrFNO. The van der Waals surface area contributed by atoms with Gasteiger partial charge in [0, 0.05) is 16.9 Å². The standard InChI is InChI=1S/C13H17BrFNO/c1-3-11(6-7-14)16-13(17)12-5-4-10(15)8-9(12)2/h4-5,8,11H,3,6-7H2,1-2H3,(H,16,17). The van der Waals surface area contributed by atoms with Gasteiger partial charge in [0.2, 0.25) is 0 Å². The summed E-state index contributed by atoms with van der Waals surface area (Å²) in [5.41, 5.74) is 1.20. The second-order valence-corrected chi connectivity index (χ2v) is 4.81. The minimum atomic E-state index is -0.313. The molecule has 0 saturated carbocycles. The summed E-state index contributed by atoms with van der Waals surface area (Å²) in [6.45, 7) is 3.77. The van der Waals surface area contributed by atoms with Crippen LogP contribution in [-0.4, -0.2) is 17.3 Å². The second-order valence-electron chi connectivity index (χ2n) is 4.02. The number of alkyl halides is 1. The predicted molar refractivity (Wildman–Crippen MR) is 71.1 cm³/mol. The van der Waals surface area contributed by atoms with Crippen LogP contribution in [0.1, 0.15) is 35.7 Å². The van der Waals surface area contributed by atoms with E-state index in [1.54, 1.807) is 6.92 Å². The van der Waals surface area contributed by atoms with Gasteiger partial charge in [-0.3, -0.25) is 4.79 Å². The predicted octanol–water partition coefficient (Wildman–Crippen LogP) is 3.43. The Morgan fingerprint density at radius 2 is 2.24 bits per heavy atom. The molecule has 1 aromatic rings. The Bertz CT molecular complexity index is 395. The van der Waals surface area contributed by atoms with E-state index in [-0.39, 0.29) is 17.8 Å². The average molecular weight is 302 g/mol. The molecule has 17 heavy (non-hydrogen) atoms. The van der Waals surface area contributed by atoms with Crippen molar-refractivity contribution in [2.75, 3.05) is 5.33 Å². The molecule has 1 atom stereocenters. The Labute approximate surface area is 110 Å². The van der Waals surface area contributed by atoms with Crippen molar-refractivity contribution in [3.63, 3.8) is 0 Å². The molecule has 1 amide bonds. The fourth-order valence-electron chi connectivity index (χ4n) is 1.66. The van der Waals surface area contributed by atoms with Crippen LogP contribution in [0.4, 0.5) is 4.39 Å². The third-order valence-electron chi connectivity index (χ3n) is 2.72. The van der Waals surface area contributed by atoms with Crippen LogP contribution in [0, 0.1) is 12.7 Å². The molecule has 2 nitrogen and oxygen atoms in total. The van der Waals surface area contributed by atoms with Crippen molar-refractivity contribution in [3.05, 3.63) is 35.1 Å². The number of carbonyl (C=O) groups excluding carboxylic acids is 1. The lowest BCUT2D eigenvalue weighted by molar-refractivity contribution is 0.0934. The Morgan fingerprint density at radius 1 is 1.53 bits per heavy atom. The van der Waals surface area contributed by atoms with E-state index in [0.29, 0.717) is 11.1 Å². The van der Waals surface area contributed by atoms with E-state index < -0.39 is 0 Å². The third kappa shape index (κ3) is 4.11. The number of benzene rings is 1. The number of hydrogen-bond donors (Lipinski definition) is 1. The molecule has 0 radical (unpaired) electrons. The van der Waals surface area contributed by atoms with E-state index in [4.69, 9.17) is 0 Å². The molecule has 1 rings (SSSR count). The smallest absolute Gasteiger partial charge is 0.251 e. The lowest BCUT2D eigenvalue weighted by Gasteiger charge is -2.16. The zero-order valence-corrected chi connectivity index (χ0v) is 11.7. The summed E-state index contributed by atoms with van der Waals surface area (Å²) in [7, 11) is 0. The average Bonchev–Trinajstić information content (AvgIpc) is 2.28. The Balaban J connectivity index is 2.75. The Morgan fingerprint density at radius 3 is 2.76 bits per heavy atom. The lowest BCUT2D eigenvalue weighted by atomic mass is 10.1. The van der Waals surface area contributed by atoms with Gasteiger partial charge in [0.05, 0.1) is 0 Å². The van der Waals surface area contributed by atoms with Crippen molar-refractivity contribution in [1.29, 1.82) is 0 Å². The minimum Gasteiger partial charge on any atom is -0.349 e. The van der Waals surface area contributed by atoms with Gasteiger partial charge in [-0.1, -0.05) is 22.9 Å². The van der Waals surface area contributed by atoms with E-state index in [2.05, 4.69) is 21.2 Å². The van der Waals surface area contributed by atoms with E-state index in [0.717, 1.165) is 18.2 Å². The van der Waals surface area contributed by atoms with Gasteiger partial charge in [0.15, 0.2) is 0 Å². The summed E-state index contributed by atoms with van der Waals surface area (Å²) in [4.78, 5) is 12.0. The summed E-state index contributed by atoms with van der Waals surface area (Å²) in [5.74, 6) is -0.443. The zero-order chi connectivity index (χ0) is 12.8. The van der Waals surface area contributed by atoms with Gasteiger partial charge < -0.3 is 5.32 Å². The SMILES string of the molecule is CCC(CCBr)NC(=O)c1ccc(F)cc1C. The number of rotatable bonds is 5. The van der Waals surface area contributed by atoms with Crippen molar-refractivity contribution < 1.29 is 9.18 Å². The fraction of sp³-hybridized carbons (Fsp3) is 0.462. The van der Waals surface area contributed by atoms with Crippen molar-refractivity contribution in [1.82, 2.24) is 5.32 Å². The molecule has 0 spiro atoms. The highest BCUT2D eigenvalue weighted by Crippen LogP contribution is 2.11. The highest BCUT2D eigenvalue weighted by Gasteiger charge is 2.13. The van der Waals surface area contributed by atoms with Gasteiger partial charge in [-0.15, -0.1) is 0 Å². The summed E-state index contributed by atoms with van der Waals surface area (Å²) in [6, 6.07) is 4.38. The van der Waals surface area contributed by atoms with Crippen molar-refractivity contribution >= 4 is 21.8 Å². The maximum atomic E-state index is 12.9. The maximum absolute atomic E-state index is 12.9. The van der Waals surface area contributed by atoms with Crippen LogP contribution in [0.2, 0.25) is 0 Å². The molecule has 0 saturated heterocycles. The molecule has 0 fully saturated rings. The molecule has 0 aromatic heterocycles. The molecule has 0 aliphatic rings. The molecule has 0 bridgehead atoms. The highest BCUT2D eigenvalue weighted by atomic mass is 79.9. The number of amides is 1. The van der Waals surface area contributed by atoms with Crippen LogP contribution < -0.4 is 5.32 Å². The van der Waals surface area contributed by atoms with Crippen LogP contribution in [0.15, 0.2) is 18.2 Å². The first-order valence-electron chi connectivity index (χ1n) is 5.71. The molecule has 4 heteroatoms. The largest absolute Gasteiger partial charge is 0.349 e. The van der Waals surface area contributed by atoms with E-state index in [1.165, 1.54) is 18.2 Å². The number of nitrogens with one attached hydrogen (secondary N) is 1. The molecule has 1 unspecified atom stereocenters. The van der Waals surface area contributed by atoms with Crippen LogP contribution in [0.5, 0.6) is 0 Å². The van der Waals surface area contributed by atoms with Gasteiger partial charge in [-0.2, -0.15) is 0 Å². The van der Waals surface area contributed by atoms with Crippen molar-refractivity contribution in [2.24, 2.45) is 0 Å². The van der Waals surface area contributed by atoms with E-state index >= 15 is 0 Å². The van der Waals surface area contributed by atoms with E-state index in [1.807, 2.05) is 6.92 Å². The summed E-state index contributed by atoms with van der Waals surface area (Å²) in [5, 5.41) is 3.81. The number of aryl methyl sites for hydroxylation is 1. The van der Waals surface area contributed by atoms with Crippen LogP contribution in [-0.2, 0) is 0 Å². The molecule has 94 valence electrons. The first-order valence-corrected chi connectivity index (χ1v) is 6.83. The van der Waals surface area contributed by atoms with Gasteiger partial charge in [-0.25, -0.2) is 4.39 Å². The van der Waals surface area contributed by atoms with Gasteiger partial charge in [0.25, 0.3) is 5.91 Å². The number of halogens is 2. The molecular weight excluding hydrogens is 285 g/mol. The maximum Gasteiger partial charge on any atom is 0.251 e. The molecule has 0 aliphatic heterocycles. The Hall–Kier alpha value is -0.900. The zero-order valence-electron chi connectivity index (χ0n) is 10.1. The second kappa shape index (κ2) is 6.74. The van der Waals surface area contributed by atoms with Gasteiger partial charge in [-0.05, 0) is 43.5 Å². The first kappa shape index (κ1) is 14.2. The number of carbonyl (C=O) groups is 1. The minimum absolute atomic E-state index is 0.129. The molecule has 1 N–H and O–H groups in total. The molecule has 0 heterocycles. The van der Waals surface area contributed by atoms with Crippen LogP contribution >= 0.6 is 15.9 Å². The topological polar surface area (TPSA) is 29.1 Å². The quantitative estimate of drug-likeness (QED) is 0.830. The van der Waals surface area contributed by atoms with Gasteiger partial charge in [0.1, 0.15) is 5.82 Å². The van der Waals surface area contributed by atoms with Crippen LogP contribution in [0.25, 0.3) is 0 Å².